The largest absolute Gasteiger partial charge is 0.415 e. The van der Waals surface area contributed by atoms with Crippen molar-refractivity contribution in [3.8, 4) is 5.75 Å². The van der Waals surface area contributed by atoms with Crippen LogP contribution in [0.25, 0.3) is 11.2 Å². The molecule has 2 unspecified atom stereocenters. The molecule has 2 saturated heterocycles. The maximum Gasteiger partial charge on any atom is 0.415 e. The molecule has 0 saturated carbocycles. The fraction of sp³-hybridized carbons (Fsp3) is 0.480. The first-order valence-electron chi connectivity index (χ1n) is 13.2. The number of ether oxygens (including phenoxy) is 2. The van der Waals surface area contributed by atoms with Gasteiger partial charge in [0.2, 0.25) is 0 Å². The first-order valence-corrected chi connectivity index (χ1v) is 13.2. The van der Waals surface area contributed by atoms with E-state index in [0.29, 0.717) is 55.9 Å². The second-order valence-corrected chi connectivity index (χ2v) is 9.93. The third-order valence-corrected chi connectivity index (χ3v) is 7.21. The smallest absolute Gasteiger partial charge is 0.410 e. The number of fused-ring (bicyclic) bond motifs is 1. The van der Waals surface area contributed by atoms with Crippen molar-refractivity contribution in [1.82, 2.24) is 29.7 Å². The van der Waals surface area contributed by atoms with Crippen molar-refractivity contribution >= 4 is 34.7 Å². The van der Waals surface area contributed by atoms with Crippen molar-refractivity contribution < 1.29 is 34.2 Å². The predicted octanol–water partition coefficient (Wildman–Crippen LogP) is 0.526. The molecule has 2 amide bonds. The van der Waals surface area contributed by atoms with Crippen LogP contribution >= 0.6 is 0 Å². The summed E-state index contributed by atoms with van der Waals surface area (Å²) in [5, 5.41) is 34.4. The summed E-state index contributed by atoms with van der Waals surface area (Å²) in [7, 11) is 0. The van der Waals surface area contributed by atoms with Crippen molar-refractivity contribution in [2.24, 2.45) is 5.92 Å². The highest BCUT2D eigenvalue weighted by molar-refractivity contribution is 5.83. The summed E-state index contributed by atoms with van der Waals surface area (Å²) in [5.41, 5.74) is 6.66. The molecule has 0 radical (unpaired) electrons. The number of nitro groups is 1. The minimum atomic E-state index is -1.44. The molecule has 2 aliphatic heterocycles. The van der Waals surface area contributed by atoms with Gasteiger partial charge in [-0.1, -0.05) is 0 Å². The van der Waals surface area contributed by atoms with E-state index in [4.69, 9.17) is 15.2 Å². The fourth-order valence-corrected chi connectivity index (χ4v) is 5.02. The minimum absolute atomic E-state index is 0.0946. The van der Waals surface area contributed by atoms with Gasteiger partial charge in [0.25, 0.3) is 11.6 Å². The van der Waals surface area contributed by atoms with Crippen molar-refractivity contribution in [1.29, 1.82) is 0 Å². The monoisotopic (exact) mass is 570 g/mol. The number of imidazole rings is 1. The second-order valence-electron chi connectivity index (χ2n) is 9.93. The number of nitro benzene ring substituents is 1. The molecular formula is C25H30N8O8. The minimum Gasteiger partial charge on any atom is -0.410 e. The molecule has 218 valence electrons. The fourth-order valence-electron chi connectivity index (χ4n) is 5.02. The maximum atomic E-state index is 12.6. The van der Waals surface area contributed by atoms with Crippen LogP contribution in [0.2, 0.25) is 0 Å². The summed E-state index contributed by atoms with van der Waals surface area (Å²) in [5.74, 6) is 0.406. The summed E-state index contributed by atoms with van der Waals surface area (Å²) in [6, 6.07) is 5.29. The summed E-state index contributed by atoms with van der Waals surface area (Å²) in [6.07, 6.45) is -2.62. The molecule has 0 bridgehead atoms. The van der Waals surface area contributed by atoms with Crippen molar-refractivity contribution in [2.75, 3.05) is 25.4 Å². The molecule has 2 aromatic heterocycles. The number of benzene rings is 1. The number of carbonyl (C=O) groups is 2. The molecule has 2 aliphatic rings. The number of hydrogen-bond acceptors (Lipinski definition) is 12. The highest BCUT2D eigenvalue weighted by atomic mass is 16.6. The van der Waals surface area contributed by atoms with Crippen LogP contribution in [0.15, 0.2) is 30.6 Å². The number of piperidine rings is 1. The van der Waals surface area contributed by atoms with Crippen molar-refractivity contribution in [2.45, 2.75) is 50.7 Å². The van der Waals surface area contributed by atoms with Gasteiger partial charge < -0.3 is 35.6 Å². The third kappa shape index (κ3) is 5.75. The summed E-state index contributed by atoms with van der Waals surface area (Å²) in [4.78, 5) is 49.9. The normalized spacial score (nSPS) is 23.0. The lowest BCUT2D eigenvalue weighted by Crippen LogP contribution is -2.42. The van der Waals surface area contributed by atoms with E-state index in [-0.39, 0.29) is 23.2 Å². The quantitative estimate of drug-likeness (QED) is 0.226. The number of nitrogens with zero attached hydrogens (tertiary/aromatic N) is 6. The average molecular weight is 571 g/mol. The van der Waals surface area contributed by atoms with E-state index < -0.39 is 41.5 Å². The number of aliphatic hydroxyl groups is 2. The van der Waals surface area contributed by atoms with Gasteiger partial charge in [0.05, 0.1) is 11.3 Å². The van der Waals surface area contributed by atoms with Crippen molar-refractivity contribution in [3.63, 3.8) is 0 Å². The number of nitrogen functional groups attached to an aromatic ring is 1. The Bertz CT molecular complexity index is 1440. The van der Waals surface area contributed by atoms with Crippen LogP contribution in [-0.2, 0) is 16.0 Å². The van der Waals surface area contributed by atoms with E-state index in [2.05, 4.69) is 20.3 Å². The Balaban J connectivity index is 1.23. The van der Waals surface area contributed by atoms with Crippen LogP contribution < -0.4 is 15.8 Å². The van der Waals surface area contributed by atoms with E-state index in [9.17, 15) is 29.9 Å². The maximum absolute atomic E-state index is 12.6. The molecule has 3 aromatic rings. The molecule has 0 spiro atoms. The van der Waals surface area contributed by atoms with E-state index in [1.165, 1.54) is 35.2 Å². The zero-order valence-electron chi connectivity index (χ0n) is 22.1. The second kappa shape index (κ2) is 11.6. The lowest BCUT2D eigenvalue weighted by atomic mass is 9.93. The predicted molar refractivity (Wildman–Crippen MR) is 141 cm³/mol. The van der Waals surface area contributed by atoms with Crippen LogP contribution in [0.5, 0.6) is 5.75 Å². The number of non-ortho nitro benzene ring substituents is 1. The third-order valence-electron chi connectivity index (χ3n) is 7.21. The summed E-state index contributed by atoms with van der Waals surface area (Å²) < 4.78 is 12.5. The van der Waals surface area contributed by atoms with Crippen LogP contribution in [0, 0.1) is 16.0 Å². The number of carbonyl (C=O) groups excluding carboxylic acids is 2. The van der Waals surface area contributed by atoms with E-state index in [1.807, 2.05) is 0 Å². The number of hydrogen-bond donors (Lipinski definition) is 4. The van der Waals surface area contributed by atoms with Gasteiger partial charge in [-0.3, -0.25) is 19.5 Å². The first kappa shape index (κ1) is 28.1. The molecule has 41 heavy (non-hydrogen) atoms. The molecule has 16 nitrogen and oxygen atoms in total. The van der Waals surface area contributed by atoms with Crippen LogP contribution in [0.1, 0.15) is 31.8 Å². The molecule has 5 rings (SSSR count). The first-order chi connectivity index (χ1) is 19.7. The molecule has 2 fully saturated rings. The Morgan fingerprint density at radius 1 is 1.20 bits per heavy atom. The number of aliphatic hydroxyl groups excluding tert-OH is 2. The Kier molecular flexibility index (Phi) is 7.96. The lowest BCUT2D eigenvalue weighted by Gasteiger charge is -2.31. The van der Waals surface area contributed by atoms with Gasteiger partial charge in [-0.15, -0.1) is 0 Å². The Hall–Kier alpha value is -4.41. The SMILES string of the molecule is CCNC(=O)[C@H]1O[C@@H](n2cnc3c(N)nc(CC4CCN(C(=O)Oc5ccc([N+](=O)[O-])cc5)CC4)nc32)C(O)C1O. The summed E-state index contributed by atoms with van der Waals surface area (Å²) in [6.45, 7) is 2.95. The Morgan fingerprint density at radius 3 is 2.56 bits per heavy atom. The summed E-state index contributed by atoms with van der Waals surface area (Å²) >= 11 is 0. The number of likely N-dealkylation sites (N-methyl/N-ethyl adjacent to an activating group) is 1. The lowest BCUT2D eigenvalue weighted by molar-refractivity contribution is -0.384. The zero-order valence-corrected chi connectivity index (χ0v) is 22.1. The number of aromatic nitrogens is 4. The van der Waals surface area contributed by atoms with Gasteiger partial charge in [0, 0.05) is 38.2 Å². The Morgan fingerprint density at radius 2 is 1.90 bits per heavy atom. The molecule has 5 N–H and O–H groups in total. The van der Waals surface area contributed by atoms with Crippen LogP contribution in [0.3, 0.4) is 0 Å². The molecule has 4 heterocycles. The average Bonchev–Trinajstić information content (AvgIpc) is 3.50. The highest BCUT2D eigenvalue weighted by Gasteiger charge is 2.47. The molecule has 1 aromatic carbocycles. The van der Waals surface area contributed by atoms with Crippen molar-refractivity contribution in [3.05, 3.63) is 46.5 Å². The number of nitrogens with two attached hydrogens (primary N) is 1. The van der Waals surface area contributed by atoms with Gasteiger partial charge in [-0.2, -0.15) is 0 Å². The number of amides is 2. The zero-order chi connectivity index (χ0) is 29.3. The molecule has 0 aliphatic carbocycles. The molecular weight excluding hydrogens is 540 g/mol. The van der Waals surface area contributed by atoms with E-state index in [0.717, 1.165) is 0 Å². The molecule has 4 atom stereocenters. The molecule has 16 heteroatoms. The topological polar surface area (TPSA) is 221 Å². The van der Waals surface area contributed by atoms with Gasteiger partial charge in [-0.25, -0.2) is 19.7 Å². The van der Waals surface area contributed by atoms with Crippen LogP contribution in [-0.4, -0.2) is 89.5 Å². The highest BCUT2D eigenvalue weighted by Crippen LogP contribution is 2.33. The van der Waals surface area contributed by atoms with Gasteiger partial charge in [0.15, 0.2) is 23.8 Å². The van der Waals surface area contributed by atoms with E-state index >= 15 is 0 Å². The van der Waals surface area contributed by atoms with Gasteiger partial charge in [-0.05, 0) is 37.8 Å². The number of rotatable bonds is 7. The number of nitrogens with one attached hydrogen (secondary N) is 1. The van der Waals surface area contributed by atoms with Gasteiger partial charge in [0.1, 0.15) is 29.3 Å². The number of likely N-dealkylation sites (tertiary alicyclic amines) is 1. The Labute approximate surface area is 233 Å². The standard InChI is InChI=1S/C25H30N8O8/c1-2-27-23(36)20-18(34)19(35)24(41-20)32-12-28-17-21(26)29-16(30-22(17)32)11-13-7-9-31(10-8-13)25(37)40-15-5-3-14(4-6-15)33(38)39/h3-6,12-13,18-20,24,34-35H,2,7-11H2,1H3,(H,27,36)(H2,26,29,30)/t18?,19?,20-,24+/m0/s1. The van der Waals surface area contributed by atoms with Gasteiger partial charge >= 0.3 is 6.09 Å². The van der Waals surface area contributed by atoms with Crippen LogP contribution in [0.4, 0.5) is 16.3 Å². The van der Waals surface area contributed by atoms with E-state index in [1.54, 1.807) is 11.8 Å². The number of anilines is 1.